The minimum atomic E-state index is -0.658. The first-order valence-corrected chi connectivity index (χ1v) is 10.4. The number of carbonyl (C=O) groups excluding carboxylic acids is 1. The van der Waals surface area contributed by atoms with Crippen LogP contribution in [0.3, 0.4) is 0 Å². The van der Waals surface area contributed by atoms with Crippen molar-refractivity contribution in [2.24, 2.45) is 11.8 Å². The van der Waals surface area contributed by atoms with Crippen LogP contribution in [0.1, 0.15) is 43.7 Å². The molecule has 1 aromatic carbocycles. The van der Waals surface area contributed by atoms with Gasteiger partial charge in [-0.25, -0.2) is 23.8 Å². The van der Waals surface area contributed by atoms with E-state index in [1.165, 1.54) is 23.5 Å². The molecule has 0 unspecified atom stereocenters. The van der Waals surface area contributed by atoms with E-state index in [1.54, 1.807) is 6.07 Å². The molecule has 1 atom stereocenters. The predicted octanol–water partition coefficient (Wildman–Crippen LogP) is 4.50. The lowest BCUT2D eigenvalue weighted by Gasteiger charge is -2.31. The van der Waals surface area contributed by atoms with Crippen LogP contribution in [0, 0.1) is 23.5 Å². The third-order valence-corrected chi connectivity index (χ3v) is 5.87. The summed E-state index contributed by atoms with van der Waals surface area (Å²) < 4.78 is 32.9. The van der Waals surface area contributed by atoms with Gasteiger partial charge in [0.15, 0.2) is 0 Å². The van der Waals surface area contributed by atoms with Crippen molar-refractivity contribution >= 4 is 17.5 Å². The molecule has 1 amide bonds. The summed E-state index contributed by atoms with van der Waals surface area (Å²) in [5.41, 5.74) is 0.420. The van der Waals surface area contributed by atoms with Crippen molar-refractivity contribution in [2.75, 3.05) is 13.2 Å². The third kappa shape index (κ3) is 4.87. The first-order chi connectivity index (χ1) is 14.5. The highest BCUT2D eigenvalue weighted by Gasteiger charge is 2.37. The lowest BCUT2D eigenvalue weighted by molar-refractivity contribution is -0.183. The maximum absolute atomic E-state index is 13.6. The molecule has 0 spiro atoms. The number of rotatable bonds is 5. The van der Waals surface area contributed by atoms with Gasteiger partial charge in [-0.15, -0.1) is 0 Å². The zero-order valence-corrected chi connectivity index (χ0v) is 17.0. The Morgan fingerprint density at radius 3 is 2.53 bits per heavy atom. The maximum atomic E-state index is 13.6. The van der Waals surface area contributed by atoms with Crippen molar-refractivity contribution in [3.8, 4) is 5.88 Å². The fourth-order valence-electron chi connectivity index (χ4n) is 4.11. The minimum Gasteiger partial charge on any atom is -0.477 e. The molecule has 1 aromatic heterocycles. The Hall–Kier alpha value is -2.32. The predicted molar refractivity (Wildman–Crippen MR) is 104 cm³/mol. The molecule has 0 N–H and O–H groups in total. The average molecular weight is 438 g/mol. The summed E-state index contributed by atoms with van der Waals surface area (Å²) in [5, 5.41) is 1.64. The summed E-state index contributed by atoms with van der Waals surface area (Å²) in [6.45, 7) is 0.846. The van der Waals surface area contributed by atoms with E-state index in [4.69, 9.17) is 21.2 Å². The van der Waals surface area contributed by atoms with Crippen LogP contribution in [0.5, 0.6) is 5.88 Å². The average Bonchev–Trinajstić information content (AvgIpc) is 3.21. The molecule has 2 heterocycles. The molecule has 1 saturated heterocycles. The molecule has 1 saturated carbocycles. The Morgan fingerprint density at radius 1 is 1.10 bits per heavy atom. The van der Waals surface area contributed by atoms with Crippen LogP contribution in [0.4, 0.5) is 8.78 Å². The smallest absolute Gasteiger partial charge is 0.249 e. The maximum Gasteiger partial charge on any atom is 0.249 e. The SMILES string of the molecule is O=C([C@H]1CC[C@@H](COc2cc(Cl)ncn2)CC1)N1OCC[C@H]1c1cc(F)cc(F)c1. The van der Waals surface area contributed by atoms with Crippen molar-refractivity contribution in [3.63, 3.8) is 0 Å². The summed E-state index contributed by atoms with van der Waals surface area (Å²) in [6.07, 6.45) is 4.96. The Balaban J connectivity index is 1.32. The Morgan fingerprint density at radius 2 is 1.83 bits per heavy atom. The molecular weight excluding hydrogens is 416 g/mol. The van der Waals surface area contributed by atoms with Gasteiger partial charge in [-0.2, -0.15) is 0 Å². The normalized spacial score (nSPS) is 24.1. The molecule has 0 bridgehead atoms. The molecule has 9 heteroatoms. The van der Waals surface area contributed by atoms with Gasteiger partial charge < -0.3 is 4.74 Å². The number of nitrogens with zero attached hydrogens (tertiary/aromatic N) is 3. The van der Waals surface area contributed by atoms with E-state index in [9.17, 15) is 13.6 Å². The molecule has 2 aromatic rings. The highest BCUT2D eigenvalue weighted by atomic mass is 35.5. The van der Waals surface area contributed by atoms with Crippen molar-refractivity contribution in [1.82, 2.24) is 15.0 Å². The topological polar surface area (TPSA) is 64.5 Å². The fraction of sp³-hybridized carbons (Fsp3) is 0.476. The monoisotopic (exact) mass is 437 g/mol. The van der Waals surface area contributed by atoms with Crippen LogP contribution in [-0.2, 0) is 9.63 Å². The number of hydrogen-bond donors (Lipinski definition) is 0. The molecule has 0 radical (unpaired) electrons. The number of aromatic nitrogens is 2. The lowest BCUT2D eigenvalue weighted by Crippen LogP contribution is -2.37. The quantitative estimate of drug-likeness (QED) is 0.644. The van der Waals surface area contributed by atoms with Gasteiger partial charge in [-0.05, 0) is 49.3 Å². The van der Waals surface area contributed by atoms with Crippen LogP contribution in [-0.4, -0.2) is 34.2 Å². The van der Waals surface area contributed by atoms with Gasteiger partial charge in [-0.3, -0.25) is 9.63 Å². The van der Waals surface area contributed by atoms with Crippen LogP contribution in [0.15, 0.2) is 30.6 Å². The zero-order valence-electron chi connectivity index (χ0n) is 16.3. The van der Waals surface area contributed by atoms with Gasteiger partial charge in [0.2, 0.25) is 11.8 Å². The summed E-state index contributed by atoms with van der Waals surface area (Å²) in [6, 6.07) is 4.44. The van der Waals surface area contributed by atoms with Crippen LogP contribution < -0.4 is 4.74 Å². The van der Waals surface area contributed by atoms with Gasteiger partial charge >= 0.3 is 0 Å². The van der Waals surface area contributed by atoms with Crippen molar-refractivity contribution in [1.29, 1.82) is 0 Å². The van der Waals surface area contributed by atoms with Crippen LogP contribution in [0.25, 0.3) is 0 Å². The van der Waals surface area contributed by atoms with Crippen LogP contribution in [0.2, 0.25) is 5.15 Å². The highest BCUT2D eigenvalue weighted by molar-refractivity contribution is 6.29. The largest absolute Gasteiger partial charge is 0.477 e. The van der Waals surface area contributed by atoms with Gasteiger partial charge in [0.1, 0.15) is 23.1 Å². The van der Waals surface area contributed by atoms with E-state index < -0.39 is 17.7 Å². The number of halogens is 3. The number of carbonyl (C=O) groups is 1. The first-order valence-electron chi connectivity index (χ1n) is 10.0. The number of benzene rings is 1. The van der Waals surface area contributed by atoms with Gasteiger partial charge in [-0.1, -0.05) is 11.6 Å². The van der Waals surface area contributed by atoms with Crippen LogP contribution >= 0.6 is 11.6 Å². The van der Waals surface area contributed by atoms with Crippen molar-refractivity contribution in [2.45, 2.75) is 38.1 Å². The second-order valence-corrected chi connectivity index (χ2v) is 8.10. The first kappa shape index (κ1) is 20.9. The van der Waals surface area contributed by atoms with E-state index in [2.05, 4.69) is 9.97 Å². The van der Waals surface area contributed by atoms with E-state index in [0.717, 1.165) is 18.9 Å². The molecule has 1 aliphatic carbocycles. The number of hydrogen-bond acceptors (Lipinski definition) is 5. The molecule has 1 aliphatic heterocycles. The molecule has 30 heavy (non-hydrogen) atoms. The zero-order chi connectivity index (χ0) is 21.1. The summed E-state index contributed by atoms with van der Waals surface area (Å²) >= 11 is 5.83. The molecule has 2 aliphatic rings. The lowest BCUT2D eigenvalue weighted by atomic mass is 9.81. The van der Waals surface area contributed by atoms with Gasteiger partial charge in [0, 0.05) is 24.5 Å². The minimum absolute atomic E-state index is 0.121. The second-order valence-electron chi connectivity index (χ2n) is 7.71. The fourth-order valence-corrected chi connectivity index (χ4v) is 4.25. The summed E-state index contributed by atoms with van der Waals surface area (Å²) in [5.74, 6) is -0.860. The van der Waals surface area contributed by atoms with E-state index in [0.29, 0.717) is 55.0 Å². The molecular formula is C21H22ClF2N3O3. The molecule has 4 rings (SSSR count). The number of hydroxylamine groups is 2. The molecule has 6 nitrogen and oxygen atoms in total. The van der Waals surface area contributed by atoms with Crippen molar-refractivity contribution in [3.05, 3.63) is 52.9 Å². The number of amides is 1. The Labute approximate surface area is 178 Å². The molecule has 160 valence electrons. The summed E-state index contributed by atoms with van der Waals surface area (Å²) in [4.78, 5) is 26.4. The number of ether oxygens (including phenoxy) is 1. The van der Waals surface area contributed by atoms with Gasteiger partial charge in [0.05, 0.1) is 19.3 Å². The summed E-state index contributed by atoms with van der Waals surface area (Å²) in [7, 11) is 0. The third-order valence-electron chi connectivity index (χ3n) is 5.66. The Bertz CT molecular complexity index is 889. The van der Waals surface area contributed by atoms with Gasteiger partial charge in [0.25, 0.3) is 0 Å². The van der Waals surface area contributed by atoms with Crippen molar-refractivity contribution < 1.29 is 23.1 Å². The van der Waals surface area contributed by atoms with E-state index in [1.807, 2.05) is 0 Å². The van der Waals surface area contributed by atoms with E-state index in [-0.39, 0.29) is 11.8 Å². The highest BCUT2D eigenvalue weighted by Crippen LogP contribution is 2.36. The second kappa shape index (κ2) is 9.22. The molecule has 2 fully saturated rings. The van der Waals surface area contributed by atoms with E-state index >= 15 is 0 Å². The Kier molecular flexibility index (Phi) is 6.43. The standard InChI is InChI=1S/C21H22ClF2N3O3/c22-19-10-20(26-12-25-19)29-11-13-1-3-14(4-2-13)21(28)27-18(5-6-30-27)15-7-16(23)9-17(24)8-15/h7-10,12-14,18H,1-6,11H2/t13-,14+,18-/m0/s1.